The summed E-state index contributed by atoms with van der Waals surface area (Å²) in [7, 11) is 0. The van der Waals surface area contributed by atoms with Crippen molar-refractivity contribution < 1.29 is 0 Å². The molecule has 0 aliphatic heterocycles. The van der Waals surface area contributed by atoms with Gasteiger partial charge in [0, 0.05) is 29.2 Å². The van der Waals surface area contributed by atoms with Gasteiger partial charge in [-0.05, 0) is 30.5 Å². The standard InChI is InChI=1S/C20H19ClN4/c21-16-8-6-14(7-9-16)13-22-18-12-19(23-17-10-11-17)25-20(24-18)15-4-2-1-3-5-15/h1-9,12,17H,10-11,13H2,(H2,22,23,24,25). The van der Waals surface area contributed by atoms with Gasteiger partial charge in [0.25, 0.3) is 0 Å². The lowest BCUT2D eigenvalue weighted by Crippen LogP contribution is -2.08. The van der Waals surface area contributed by atoms with Crippen molar-refractivity contribution in [2.75, 3.05) is 10.6 Å². The van der Waals surface area contributed by atoms with Crippen molar-refractivity contribution in [3.05, 3.63) is 71.2 Å². The Kier molecular flexibility index (Phi) is 4.53. The molecular weight excluding hydrogens is 332 g/mol. The highest BCUT2D eigenvalue weighted by Crippen LogP contribution is 2.26. The lowest BCUT2D eigenvalue weighted by Gasteiger charge is -2.11. The molecule has 0 spiro atoms. The Bertz CT molecular complexity index is 845. The highest BCUT2D eigenvalue weighted by molar-refractivity contribution is 6.30. The Labute approximate surface area is 152 Å². The van der Waals surface area contributed by atoms with Crippen molar-refractivity contribution in [1.82, 2.24) is 9.97 Å². The van der Waals surface area contributed by atoms with Gasteiger partial charge in [-0.25, -0.2) is 9.97 Å². The molecule has 0 amide bonds. The van der Waals surface area contributed by atoms with E-state index in [0.717, 1.165) is 33.6 Å². The smallest absolute Gasteiger partial charge is 0.163 e. The molecule has 4 rings (SSSR count). The normalized spacial score (nSPS) is 13.5. The van der Waals surface area contributed by atoms with Gasteiger partial charge in [0.2, 0.25) is 0 Å². The fraction of sp³-hybridized carbons (Fsp3) is 0.200. The maximum Gasteiger partial charge on any atom is 0.163 e. The molecule has 0 unspecified atom stereocenters. The minimum Gasteiger partial charge on any atom is -0.367 e. The van der Waals surface area contributed by atoms with Crippen LogP contribution in [0.15, 0.2) is 60.7 Å². The fourth-order valence-corrected chi connectivity index (χ4v) is 2.69. The summed E-state index contributed by atoms with van der Waals surface area (Å²) in [6.45, 7) is 0.686. The van der Waals surface area contributed by atoms with E-state index in [2.05, 4.69) is 20.6 Å². The number of rotatable bonds is 6. The topological polar surface area (TPSA) is 49.8 Å². The second-order valence-corrected chi connectivity index (χ2v) is 6.66. The third-order valence-electron chi connectivity index (χ3n) is 4.07. The van der Waals surface area contributed by atoms with E-state index in [9.17, 15) is 0 Å². The lowest BCUT2D eigenvalue weighted by atomic mass is 10.2. The van der Waals surface area contributed by atoms with Crippen LogP contribution in [0.5, 0.6) is 0 Å². The van der Waals surface area contributed by atoms with Crippen LogP contribution in [0.4, 0.5) is 11.6 Å². The first kappa shape index (κ1) is 15.9. The molecule has 5 heteroatoms. The maximum atomic E-state index is 5.94. The number of hydrogen-bond donors (Lipinski definition) is 2. The van der Waals surface area contributed by atoms with Crippen LogP contribution in [0.2, 0.25) is 5.02 Å². The SMILES string of the molecule is Clc1ccc(CNc2cc(NC3CC3)nc(-c3ccccc3)n2)cc1. The van der Waals surface area contributed by atoms with Gasteiger partial charge >= 0.3 is 0 Å². The van der Waals surface area contributed by atoms with Crippen molar-refractivity contribution >= 4 is 23.2 Å². The van der Waals surface area contributed by atoms with Crippen LogP contribution in [0.25, 0.3) is 11.4 Å². The minimum absolute atomic E-state index is 0.544. The van der Waals surface area contributed by atoms with Crippen molar-refractivity contribution in [2.24, 2.45) is 0 Å². The quantitative estimate of drug-likeness (QED) is 0.658. The molecule has 0 atom stereocenters. The van der Waals surface area contributed by atoms with E-state index in [1.165, 1.54) is 12.8 Å². The number of benzene rings is 2. The molecule has 1 fully saturated rings. The molecule has 25 heavy (non-hydrogen) atoms. The van der Waals surface area contributed by atoms with Crippen LogP contribution < -0.4 is 10.6 Å². The molecule has 126 valence electrons. The van der Waals surface area contributed by atoms with Gasteiger partial charge in [-0.3, -0.25) is 0 Å². The Morgan fingerprint density at radius 3 is 2.36 bits per heavy atom. The third-order valence-corrected chi connectivity index (χ3v) is 4.33. The number of aromatic nitrogens is 2. The summed E-state index contributed by atoms with van der Waals surface area (Å²) in [6, 6.07) is 20.4. The summed E-state index contributed by atoms with van der Waals surface area (Å²) in [6.07, 6.45) is 2.41. The molecule has 2 N–H and O–H groups in total. The first-order valence-corrected chi connectivity index (χ1v) is 8.83. The largest absolute Gasteiger partial charge is 0.367 e. The average Bonchev–Trinajstić information content (AvgIpc) is 3.46. The molecule has 0 saturated heterocycles. The van der Waals surface area contributed by atoms with Crippen LogP contribution >= 0.6 is 11.6 Å². The minimum atomic E-state index is 0.544. The van der Waals surface area contributed by atoms with E-state index in [0.29, 0.717) is 12.6 Å². The Hall–Kier alpha value is -2.59. The van der Waals surface area contributed by atoms with Gasteiger partial charge < -0.3 is 10.6 Å². The molecule has 1 heterocycles. The number of nitrogens with one attached hydrogen (secondary N) is 2. The second-order valence-electron chi connectivity index (χ2n) is 6.23. The molecule has 2 aromatic carbocycles. The molecule has 1 aliphatic rings. The summed E-state index contributed by atoms with van der Waals surface area (Å²) < 4.78 is 0. The summed E-state index contributed by atoms with van der Waals surface area (Å²) in [5.74, 6) is 2.41. The van der Waals surface area contributed by atoms with E-state index < -0.39 is 0 Å². The van der Waals surface area contributed by atoms with E-state index in [4.69, 9.17) is 11.6 Å². The van der Waals surface area contributed by atoms with Crippen LogP contribution in [-0.2, 0) is 6.54 Å². The highest BCUT2D eigenvalue weighted by atomic mass is 35.5. The average molecular weight is 351 g/mol. The second kappa shape index (κ2) is 7.11. The van der Waals surface area contributed by atoms with Crippen molar-refractivity contribution in [3.63, 3.8) is 0 Å². The predicted octanol–water partition coefficient (Wildman–Crippen LogP) is 4.98. The molecule has 0 radical (unpaired) electrons. The van der Waals surface area contributed by atoms with E-state index in [1.807, 2.05) is 60.7 Å². The lowest BCUT2D eigenvalue weighted by molar-refractivity contribution is 1.06. The zero-order valence-electron chi connectivity index (χ0n) is 13.7. The summed E-state index contributed by atoms with van der Waals surface area (Å²) >= 11 is 5.94. The van der Waals surface area contributed by atoms with Crippen LogP contribution in [0.1, 0.15) is 18.4 Å². The molecule has 3 aromatic rings. The number of hydrogen-bond acceptors (Lipinski definition) is 4. The van der Waals surface area contributed by atoms with Crippen LogP contribution in [0.3, 0.4) is 0 Å². The first-order valence-electron chi connectivity index (χ1n) is 8.46. The molecular formula is C20H19ClN4. The van der Waals surface area contributed by atoms with Gasteiger partial charge in [-0.15, -0.1) is 0 Å². The highest BCUT2D eigenvalue weighted by Gasteiger charge is 2.22. The fourth-order valence-electron chi connectivity index (χ4n) is 2.56. The van der Waals surface area contributed by atoms with Gasteiger partial charge in [0.15, 0.2) is 5.82 Å². The molecule has 0 bridgehead atoms. The van der Waals surface area contributed by atoms with Gasteiger partial charge in [-0.1, -0.05) is 54.1 Å². The van der Waals surface area contributed by atoms with Crippen molar-refractivity contribution in [2.45, 2.75) is 25.4 Å². The third kappa shape index (κ3) is 4.28. The van der Waals surface area contributed by atoms with Crippen molar-refractivity contribution in [1.29, 1.82) is 0 Å². The molecule has 1 aromatic heterocycles. The Morgan fingerprint density at radius 2 is 1.64 bits per heavy atom. The summed E-state index contributed by atoms with van der Waals surface area (Å²) in [4.78, 5) is 9.35. The van der Waals surface area contributed by atoms with E-state index in [-0.39, 0.29) is 0 Å². The van der Waals surface area contributed by atoms with Gasteiger partial charge in [0.1, 0.15) is 11.6 Å². The zero-order valence-corrected chi connectivity index (χ0v) is 14.5. The van der Waals surface area contributed by atoms with Crippen molar-refractivity contribution in [3.8, 4) is 11.4 Å². The predicted molar refractivity (Wildman–Crippen MR) is 103 cm³/mol. The first-order chi connectivity index (χ1) is 12.3. The zero-order chi connectivity index (χ0) is 17.1. The molecule has 4 nitrogen and oxygen atoms in total. The number of halogens is 1. The van der Waals surface area contributed by atoms with E-state index >= 15 is 0 Å². The Morgan fingerprint density at radius 1 is 0.920 bits per heavy atom. The summed E-state index contributed by atoms with van der Waals surface area (Å²) in [5.41, 5.74) is 2.16. The monoisotopic (exact) mass is 350 g/mol. The number of nitrogens with zero attached hydrogens (tertiary/aromatic N) is 2. The summed E-state index contributed by atoms with van der Waals surface area (Å²) in [5, 5.41) is 7.60. The number of anilines is 2. The molecule has 1 aliphatic carbocycles. The van der Waals surface area contributed by atoms with Gasteiger partial charge in [0.05, 0.1) is 0 Å². The maximum absolute atomic E-state index is 5.94. The van der Waals surface area contributed by atoms with E-state index in [1.54, 1.807) is 0 Å². The molecule has 1 saturated carbocycles. The Balaban J connectivity index is 1.57. The van der Waals surface area contributed by atoms with Crippen LogP contribution in [0, 0.1) is 0 Å². The van der Waals surface area contributed by atoms with Gasteiger partial charge in [-0.2, -0.15) is 0 Å². The van der Waals surface area contributed by atoms with Crippen LogP contribution in [-0.4, -0.2) is 16.0 Å².